The number of pyridine rings is 1. The molecule has 2 rings (SSSR count). The number of carbonyl (C=O) groups excluding carboxylic acids is 1. The molecule has 0 fully saturated rings. The van der Waals surface area contributed by atoms with Crippen LogP contribution in [0.25, 0.3) is 10.9 Å². The number of nitrogens with zero attached hydrogens (tertiary/aromatic N) is 1. The maximum Gasteiger partial charge on any atom is 0.337 e. The highest BCUT2D eigenvalue weighted by atomic mass is 16.5. The Hall–Kier alpha value is -1.98. The number of hydrogen-bond donors (Lipinski definition) is 2. The first-order chi connectivity index (χ1) is 8.63. The Morgan fingerprint density at radius 1 is 1.33 bits per heavy atom. The molecular weight excluding hydrogens is 234 g/mol. The van der Waals surface area contributed by atoms with Crippen LogP contribution in [0.4, 0.5) is 0 Å². The third-order valence-corrected chi connectivity index (χ3v) is 2.71. The highest BCUT2D eigenvalue weighted by Gasteiger charge is 2.26. The second-order valence-electron chi connectivity index (χ2n) is 3.87. The van der Waals surface area contributed by atoms with E-state index >= 15 is 0 Å². The Labute approximate surface area is 104 Å². The quantitative estimate of drug-likeness (QED) is 0.784. The molecule has 5 nitrogen and oxygen atoms in total. The molecule has 0 aliphatic carbocycles. The van der Waals surface area contributed by atoms with E-state index in [0.29, 0.717) is 11.1 Å². The zero-order chi connectivity index (χ0) is 13.1. The lowest BCUT2D eigenvalue weighted by Crippen LogP contribution is -2.29. The highest BCUT2D eigenvalue weighted by molar-refractivity contribution is 5.80. The second-order valence-corrected chi connectivity index (χ2v) is 3.87. The minimum atomic E-state index is -1.60. The number of hydrogen-bond acceptors (Lipinski definition) is 5. The van der Waals surface area contributed by atoms with Crippen LogP contribution in [0.5, 0.6) is 0 Å². The zero-order valence-electron chi connectivity index (χ0n) is 9.78. The van der Waals surface area contributed by atoms with Gasteiger partial charge in [0.2, 0.25) is 0 Å². The molecule has 0 bridgehead atoms. The molecule has 1 aromatic carbocycles. The van der Waals surface area contributed by atoms with E-state index in [1.165, 1.54) is 0 Å². The number of ether oxygens (including phenoxy) is 1. The van der Waals surface area contributed by atoms with Crippen molar-refractivity contribution in [3.8, 4) is 0 Å². The minimum Gasteiger partial charge on any atom is -0.467 e. The molecule has 2 N–H and O–H groups in total. The summed E-state index contributed by atoms with van der Waals surface area (Å²) in [5.74, 6) is -0.872. The first-order valence-corrected chi connectivity index (χ1v) is 5.42. The van der Waals surface area contributed by atoms with Gasteiger partial charge >= 0.3 is 5.97 Å². The zero-order valence-corrected chi connectivity index (χ0v) is 9.78. The van der Waals surface area contributed by atoms with Gasteiger partial charge in [-0.2, -0.15) is 0 Å². The molecule has 2 unspecified atom stereocenters. The maximum atomic E-state index is 11.1. The molecule has 0 radical (unpaired) electrons. The van der Waals surface area contributed by atoms with Gasteiger partial charge in [-0.15, -0.1) is 0 Å². The van der Waals surface area contributed by atoms with Crippen molar-refractivity contribution in [2.45, 2.75) is 12.2 Å². The van der Waals surface area contributed by atoms with Crippen molar-refractivity contribution in [3.63, 3.8) is 0 Å². The molecule has 0 aliphatic heterocycles. The number of benzene rings is 1. The first kappa shape index (κ1) is 12.5. The third-order valence-electron chi connectivity index (χ3n) is 2.71. The molecule has 1 heterocycles. The largest absolute Gasteiger partial charge is 0.467 e. The SMILES string of the molecule is COC(=O)C(O)C(O)c1ccc2cccnc2c1. The summed E-state index contributed by atoms with van der Waals surface area (Å²) in [7, 11) is 1.15. The van der Waals surface area contributed by atoms with Gasteiger partial charge < -0.3 is 14.9 Å². The standard InChI is InChI=1S/C13H13NO4/c1-18-13(17)12(16)11(15)9-5-4-8-3-2-6-14-10(8)7-9/h2-7,11-12,15-16H,1H3. The number of methoxy groups -OCH3 is 1. The van der Waals surface area contributed by atoms with Crippen LogP contribution in [0.1, 0.15) is 11.7 Å². The van der Waals surface area contributed by atoms with Crippen molar-refractivity contribution in [2.24, 2.45) is 0 Å². The second kappa shape index (κ2) is 5.12. The van der Waals surface area contributed by atoms with E-state index in [1.807, 2.05) is 12.1 Å². The van der Waals surface area contributed by atoms with Gasteiger partial charge in [-0.25, -0.2) is 4.79 Å². The molecule has 0 saturated carbocycles. The Bertz CT molecular complexity index is 570. The number of rotatable bonds is 3. The monoisotopic (exact) mass is 247 g/mol. The van der Waals surface area contributed by atoms with E-state index in [4.69, 9.17) is 0 Å². The van der Waals surface area contributed by atoms with Crippen molar-refractivity contribution in [1.82, 2.24) is 4.98 Å². The maximum absolute atomic E-state index is 11.1. The summed E-state index contributed by atoms with van der Waals surface area (Å²) < 4.78 is 4.38. The number of fused-ring (bicyclic) bond motifs is 1. The minimum absolute atomic E-state index is 0.416. The number of aliphatic hydroxyl groups excluding tert-OH is 2. The smallest absolute Gasteiger partial charge is 0.337 e. The predicted molar refractivity (Wildman–Crippen MR) is 64.7 cm³/mol. The van der Waals surface area contributed by atoms with Crippen LogP contribution in [0, 0.1) is 0 Å². The normalized spacial score (nSPS) is 14.2. The Kier molecular flexibility index (Phi) is 3.55. The van der Waals surface area contributed by atoms with Crippen molar-refractivity contribution in [1.29, 1.82) is 0 Å². The van der Waals surface area contributed by atoms with Crippen molar-refractivity contribution >= 4 is 16.9 Å². The molecular formula is C13H13NO4. The van der Waals surface area contributed by atoms with Gasteiger partial charge in [0.05, 0.1) is 12.6 Å². The topological polar surface area (TPSA) is 79.7 Å². The first-order valence-electron chi connectivity index (χ1n) is 5.42. The van der Waals surface area contributed by atoms with Gasteiger partial charge in [0.15, 0.2) is 6.10 Å². The summed E-state index contributed by atoms with van der Waals surface area (Å²) in [5.41, 5.74) is 1.10. The van der Waals surface area contributed by atoms with Crippen LogP contribution in [0.2, 0.25) is 0 Å². The lowest BCUT2D eigenvalue weighted by Gasteiger charge is -2.16. The lowest BCUT2D eigenvalue weighted by molar-refractivity contribution is -0.156. The van der Waals surface area contributed by atoms with Crippen molar-refractivity contribution in [2.75, 3.05) is 7.11 Å². The van der Waals surface area contributed by atoms with Crippen LogP contribution >= 0.6 is 0 Å². The van der Waals surface area contributed by atoms with E-state index < -0.39 is 18.2 Å². The molecule has 5 heteroatoms. The van der Waals surface area contributed by atoms with E-state index in [2.05, 4.69) is 9.72 Å². The molecule has 0 saturated heterocycles. The van der Waals surface area contributed by atoms with Gasteiger partial charge in [0, 0.05) is 11.6 Å². The molecule has 0 spiro atoms. The summed E-state index contributed by atoms with van der Waals surface area (Å²) in [5, 5.41) is 20.4. The summed E-state index contributed by atoms with van der Waals surface area (Å²) in [4.78, 5) is 15.3. The molecule has 1 aromatic heterocycles. The number of esters is 1. The van der Waals surface area contributed by atoms with Crippen molar-refractivity contribution in [3.05, 3.63) is 42.1 Å². The fourth-order valence-corrected chi connectivity index (χ4v) is 1.70. The number of aromatic nitrogens is 1. The number of carbonyl (C=O) groups is 1. The van der Waals surface area contributed by atoms with E-state index in [9.17, 15) is 15.0 Å². The van der Waals surface area contributed by atoms with Gasteiger partial charge in [0.25, 0.3) is 0 Å². The average Bonchev–Trinajstić information content (AvgIpc) is 2.44. The van der Waals surface area contributed by atoms with Crippen LogP contribution in [0.15, 0.2) is 36.5 Å². The fourth-order valence-electron chi connectivity index (χ4n) is 1.70. The van der Waals surface area contributed by atoms with Gasteiger partial charge in [-0.1, -0.05) is 18.2 Å². The van der Waals surface area contributed by atoms with Crippen molar-refractivity contribution < 1.29 is 19.7 Å². The van der Waals surface area contributed by atoms with E-state index in [-0.39, 0.29) is 0 Å². The fraction of sp³-hybridized carbons (Fsp3) is 0.231. The Morgan fingerprint density at radius 2 is 2.11 bits per heavy atom. The summed E-state index contributed by atoms with van der Waals surface area (Å²) >= 11 is 0. The number of aliphatic hydroxyl groups is 2. The molecule has 18 heavy (non-hydrogen) atoms. The average molecular weight is 247 g/mol. The van der Waals surface area contributed by atoms with Gasteiger partial charge in [-0.05, 0) is 17.7 Å². The van der Waals surface area contributed by atoms with E-state index in [1.54, 1.807) is 24.4 Å². The molecule has 0 amide bonds. The van der Waals surface area contributed by atoms with Gasteiger partial charge in [-0.3, -0.25) is 4.98 Å². The van der Waals surface area contributed by atoms with Crippen LogP contribution < -0.4 is 0 Å². The van der Waals surface area contributed by atoms with Crippen LogP contribution in [-0.4, -0.2) is 34.4 Å². The van der Waals surface area contributed by atoms with Crippen LogP contribution in [0.3, 0.4) is 0 Å². The summed E-state index contributed by atoms with van der Waals surface area (Å²) in [6.45, 7) is 0. The molecule has 2 aromatic rings. The predicted octanol–water partition coefficient (Wildman–Crippen LogP) is 0.802. The Morgan fingerprint density at radius 3 is 2.83 bits per heavy atom. The summed E-state index contributed by atoms with van der Waals surface area (Å²) in [6, 6.07) is 8.73. The Balaban J connectivity index is 2.33. The summed E-state index contributed by atoms with van der Waals surface area (Å²) in [6.07, 6.45) is -1.30. The van der Waals surface area contributed by atoms with E-state index in [0.717, 1.165) is 12.5 Å². The lowest BCUT2D eigenvalue weighted by atomic mass is 10.0. The molecule has 94 valence electrons. The third kappa shape index (κ3) is 2.32. The van der Waals surface area contributed by atoms with Crippen LogP contribution in [-0.2, 0) is 9.53 Å². The molecule has 2 atom stereocenters. The van der Waals surface area contributed by atoms with Gasteiger partial charge in [0.1, 0.15) is 6.10 Å². The highest BCUT2D eigenvalue weighted by Crippen LogP contribution is 2.21. The molecule has 0 aliphatic rings.